The molecule has 6 nitrogen and oxygen atoms in total. The van der Waals surface area contributed by atoms with E-state index in [-0.39, 0.29) is 18.3 Å². The first-order valence-corrected chi connectivity index (χ1v) is 6.81. The van der Waals surface area contributed by atoms with E-state index in [1.807, 2.05) is 19.1 Å². The highest BCUT2D eigenvalue weighted by atomic mass is 16.6. The van der Waals surface area contributed by atoms with Gasteiger partial charge in [-0.1, -0.05) is 24.2 Å². The number of nitrogens with zero attached hydrogens (tertiary/aromatic N) is 1. The number of rotatable bonds is 8. The minimum absolute atomic E-state index is 0.0303. The van der Waals surface area contributed by atoms with E-state index in [2.05, 4.69) is 5.16 Å². The summed E-state index contributed by atoms with van der Waals surface area (Å²) in [5.41, 5.74) is 0.776. The van der Waals surface area contributed by atoms with E-state index in [4.69, 9.17) is 15.1 Å². The maximum absolute atomic E-state index is 10.9. The van der Waals surface area contributed by atoms with Gasteiger partial charge < -0.3 is 15.1 Å². The summed E-state index contributed by atoms with van der Waals surface area (Å²) < 4.78 is 0. The lowest BCUT2D eigenvalue weighted by Gasteiger charge is -2.16. The molecule has 0 aromatic heterocycles. The molecule has 0 saturated heterocycles. The van der Waals surface area contributed by atoms with Crippen LogP contribution < -0.4 is 0 Å². The van der Waals surface area contributed by atoms with E-state index in [9.17, 15) is 9.59 Å². The minimum Gasteiger partial charge on any atom is -0.481 e. The molecule has 0 aromatic carbocycles. The Labute approximate surface area is 118 Å². The maximum atomic E-state index is 10.9. The third-order valence-electron chi connectivity index (χ3n) is 3.37. The second kappa shape index (κ2) is 8.35. The van der Waals surface area contributed by atoms with Crippen molar-refractivity contribution in [1.29, 1.82) is 0 Å². The van der Waals surface area contributed by atoms with Crippen molar-refractivity contribution in [3.63, 3.8) is 0 Å². The predicted octanol–water partition coefficient (Wildman–Crippen LogP) is 2.30. The lowest BCUT2D eigenvalue weighted by molar-refractivity contribution is -0.142. The highest BCUT2D eigenvalue weighted by molar-refractivity contribution is 5.89. The van der Waals surface area contributed by atoms with Crippen LogP contribution in [-0.2, 0) is 14.4 Å². The van der Waals surface area contributed by atoms with Crippen LogP contribution in [0.1, 0.15) is 39.0 Å². The Morgan fingerprint density at radius 1 is 1.35 bits per heavy atom. The van der Waals surface area contributed by atoms with Crippen LogP contribution in [0.2, 0.25) is 0 Å². The molecule has 0 bridgehead atoms. The molecule has 0 amide bonds. The molecule has 1 saturated carbocycles. The second-order valence-electron chi connectivity index (χ2n) is 4.87. The lowest BCUT2D eigenvalue weighted by atomic mass is 9.89. The number of oxime groups is 1. The number of carboxylic acid groups (broad SMARTS) is 2. The highest BCUT2D eigenvalue weighted by Crippen LogP contribution is 2.35. The van der Waals surface area contributed by atoms with Crippen LogP contribution in [0, 0.1) is 11.8 Å². The van der Waals surface area contributed by atoms with Gasteiger partial charge in [0.15, 0.2) is 0 Å². The molecule has 2 unspecified atom stereocenters. The highest BCUT2D eigenvalue weighted by Gasteiger charge is 2.34. The zero-order valence-corrected chi connectivity index (χ0v) is 11.6. The molecule has 1 aliphatic carbocycles. The number of carboxylic acids is 2. The van der Waals surface area contributed by atoms with E-state index in [1.54, 1.807) is 0 Å². The van der Waals surface area contributed by atoms with E-state index < -0.39 is 18.5 Å². The van der Waals surface area contributed by atoms with Gasteiger partial charge in [0.2, 0.25) is 6.61 Å². The quantitative estimate of drug-likeness (QED) is 0.526. The Balaban J connectivity index is 2.68. The molecule has 0 aliphatic heterocycles. The van der Waals surface area contributed by atoms with Crippen LogP contribution in [0.5, 0.6) is 0 Å². The average Bonchev–Trinajstić information content (AvgIpc) is 2.72. The van der Waals surface area contributed by atoms with Gasteiger partial charge in [-0.15, -0.1) is 0 Å². The Kier molecular flexibility index (Phi) is 6.76. The lowest BCUT2D eigenvalue weighted by Crippen LogP contribution is -2.18. The van der Waals surface area contributed by atoms with E-state index in [0.29, 0.717) is 6.42 Å². The fraction of sp³-hybridized carbons (Fsp3) is 0.643. The molecule has 0 aromatic rings. The van der Waals surface area contributed by atoms with Gasteiger partial charge >= 0.3 is 11.9 Å². The number of aliphatic carboxylic acids is 2. The smallest absolute Gasteiger partial charge is 0.344 e. The van der Waals surface area contributed by atoms with Crippen molar-refractivity contribution in [3.8, 4) is 0 Å². The molecule has 0 radical (unpaired) electrons. The molecule has 1 aliphatic rings. The molecule has 2 atom stereocenters. The van der Waals surface area contributed by atoms with E-state index in [1.165, 1.54) is 0 Å². The Morgan fingerprint density at radius 3 is 2.70 bits per heavy atom. The predicted molar refractivity (Wildman–Crippen MR) is 73.5 cm³/mol. The van der Waals surface area contributed by atoms with Gasteiger partial charge in [0.1, 0.15) is 0 Å². The molecule has 6 heteroatoms. The van der Waals surface area contributed by atoms with Gasteiger partial charge in [0.25, 0.3) is 0 Å². The monoisotopic (exact) mass is 283 g/mol. The minimum atomic E-state index is -1.07. The van der Waals surface area contributed by atoms with Gasteiger partial charge in [-0.25, -0.2) is 4.79 Å². The van der Waals surface area contributed by atoms with Gasteiger partial charge in [-0.2, -0.15) is 0 Å². The van der Waals surface area contributed by atoms with Crippen molar-refractivity contribution in [2.24, 2.45) is 17.0 Å². The van der Waals surface area contributed by atoms with Crippen LogP contribution in [0.15, 0.2) is 17.3 Å². The molecular weight excluding hydrogens is 262 g/mol. The standard InChI is InChI=1S/C14H21NO5/c1-2-3-4-5-11-10(8-13(16)17)6-7-12(11)15-20-9-14(18)19/h3-4,10-11H,2,5-9H2,1H3,(H,16,17)(H,18,19)/b4-3-,15-12-. The number of allylic oxidation sites excluding steroid dienone is 2. The topological polar surface area (TPSA) is 96.2 Å². The van der Waals surface area contributed by atoms with Crippen molar-refractivity contribution in [2.45, 2.75) is 39.0 Å². The van der Waals surface area contributed by atoms with Crippen molar-refractivity contribution in [2.75, 3.05) is 6.61 Å². The van der Waals surface area contributed by atoms with Crippen molar-refractivity contribution >= 4 is 17.7 Å². The molecule has 2 N–H and O–H groups in total. The number of hydrogen-bond acceptors (Lipinski definition) is 4. The van der Waals surface area contributed by atoms with Crippen molar-refractivity contribution in [3.05, 3.63) is 12.2 Å². The molecule has 0 spiro atoms. The number of hydrogen-bond donors (Lipinski definition) is 2. The summed E-state index contributed by atoms with van der Waals surface area (Å²) in [5.74, 6) is -1.81. The van der Waals surface area contributed by atoms with Crippen molar-refractivity contribution < 1.29 is 24.6 Å². The number of carbonyl (C=O) groups is 2. The first-order chi connectivity index (χ1) is 9.54. The molecule has 20 heavy (non-hydrogen) atoms. The Bertz CT molecular complexity index is 402. The largest absolute Gasteiger partial charge is 0.481 e. The summed E-state index contributed by atoms with van der Waals surface area (Å²) in [6.07, 6.45) is 7.25. The summed E-state index contributed by atoms with van der Waals surface area (Å²) in [6, 6.07) is 0. The SMILES string of the molecule is CC/C=C\CC1/C(=N\OCC(=O)O)CCC1CC(=O)O. The maximum Gasteiger partial charge on any atom is 0.344 e. The molecule has 112 valence electrons. The van der Waals surface area contributed by atoms with Crippen LogP contribution in [0.3, 0.4) is 0 Å². The third kappa shape index (κ3) is 5.42. The van der Waals surface area contributed by atoms with E-state index >= 15 is 0 Å². The summed E-state index contributed by atoms with van der Waals surface area (Å²) in [5, 5.41) is 21.3. The van der Waals surface area contributed by atoms with Crippen LogP contribution >= 0.6 is 0 Å². The summed E-state index contributed by atoms with van der Waals surface area (Å²) in [6.45, 7) is 1.56. The molecular formula is C14H21NO5. The average molecular weight is 283 g/mol. The molecule has 1 fully saturated rings. The van der Waals surface area contributed by atoms with E-state index in [0.717, 1.165) is 25.0 Å². The van der Waals surface area contributed by atoms with Gasteiger partial charge in [0.05, 0.1) is 5.71 Å². The summed E-state index contributed by atoms with van der Waals surface area (Å²) in [7, 11) is 0. The first-order valence-electron chi connectivity index (χ1n) is 6.81. The fourth-order valence-corrected chi connectivity index (χ4v) is 2.48. The van der Waals surface area contributed by atoms with Crippen LogP contribution in [-0.4, -0.2) is 34.5 Å². The summed E-state index contributed by atoms with van der Waals surface area (Å²) >= 11 is 0. The zero-order chi connectivity index (χ0) is 15.0. The first kappa shape index (κ1) is 16.2. The molecule has 0 heterocycles. The van der Waals surface area contributed by atoms with Crippen molar-refractivity contribution in [1.82, 2.24) is 0 Å². The summed E-state index contributed by atoms with van der Waals surface area (Å²) in [4.78, 5) is 26.1. The van der Waals surface area contributed by atoms with Crippen LogP contribution in [0.4, 0.5) is 0 Å². The normalized spacial score (nSPS) is 24.4. The molecule has 1 rings (SSSR count). The Hall–Kier alpha value is -1.85. The zero-order valence-electron chi connectivity index (χ0n) is 11.6. The van der Waals surface area contributed by atoms with Gasteiger partial charge in [-0.05, 0) is 31.6 Å². The van der Waals surface area contributed by atoms with Gasteiger partial charge in [-0.3, -0.25) is 4.79 Å². The fourth-order valence-electron chi connectivity index (χ4n) is 2.48. The second-order valence-corrected chi connectivity index (χ2v) is 4.87. The van der Waals surface area contributed by atoms with Crippen LogP contribution in [0.25, 0.3) is 0 Å². The Morgan fingerprint density at radius 2 is 2.10 bits per heavy atom. The third-order valence-corrected chi connectivity index (χ3v) is 3.37. The van der Waals surface area contributed by atoms with Gasteiger partial charge in [0, 0.05) is 12.3 Å².